The second-order valence-electron chi connectivity index (χ2n) is 3.76. The summed E-state index contributed by atoms with van der Waals surface area (Å²) in [5.74, 6) is -1.43. The van der Waals surface area contributed by atoms with E-state index in [1.54, 1.807) is 19.1 Å². The van der Waals surface area contributed by atoms with E-state index in [0.29, 0.717) is 9.90 Å². The number of aryl methyl sites for hydroxylation is 1. The Balaban J connectivity index is 2.48. The summed E-state index contributed by atoms with van der Waals surface area (Å²) in [5.41, 5.74) is 1.14. The molecule has 3 nitrogen and oxygen atoms in total. The van der Waals surface area contributed by atoms with Crippen molar-refractivity contribution in [1.29, 1.82) is 0 Å². The van der Waals surface area contributed by atoms with Gasteiger partial charge in [0.1, 0.15) is 0 Å². The average molecular weight is 283 g/mol. The largest absolute Gasteiger partial charge is 0.460 e. The summed E-state index contributed by atoms with van der Waals surface area (Å²) < 4.78 is 6.31. The first kappa shape index (κ1) is 13.1. The fraction of sp³-hybridized carbons (Fsp3) is 0.231. The SMILES string of the molecule is CCOC(=O)C(=O)c1ccc2cc(Cl)sc2c1C. The highest BCUT2D eigenvalue weighted by molar-refractivity contribution is 7.22. The Kier molecular flexibility index (Phi) is 3.68. The van der Waals surface area contributed by atoms with Crippen LogP contribution in [0.3, 0.4) is 0 Å². The molecule has 0 aliphatic rings. The normalized spacial score (nSPS) is 10.6. The standard InChI is InChI=1S/C13H11ClO3S/c1-3-17-13(16)11(15)9-5-4-8-6-10(14)18-12(8)7(9)2/h4-6H,3H2,1-2H3. The van der Waals surface area contributed by atoms with Gasteiger partial charge in [-0.1, -0.05) is 17.7 Å². The van der Waals surface area contributed by atoms with Crippen molar-refractivity contribution in [3.63, 3.8) is 0 Å². The van der Waals surface area contributed by atoms with E-state index in [1.807, 2.05) is 13.0 Å². The first-order valence-corrected chi connectivity index (χ1v) is 6.64. The number of Topliss-reactive ketones (excluding diaryl/α,β-unsaturated/α-hetero) is 1. The molecule has 2 aromatic rings. The third kappa shape index (κ3) is 2.26. The predicted molar refractivity (Wildman–Crippen MR) is 72.5 cm³/mol. The molecule has 1 aromatic carbocycles. The van der Waals surface area contributed by atoms with Crippen molar-refractivity contribution in [1.82, 2.24) is 0 Å². The molecular formula is C13H11ClO3S. The number of carbonyl (C=O) groups is 2. The molecule has 0 amide bonds. The number of rotatable bonds is 3. The molecule has 0 atom stereocenters. The molecule has 0 saturated heterocycles. The number of ketones is 1. The number of fused-ring (bicyclic) bond motifs is 1. The maximum Gasteiger partial charge on any atom is 0.379 e. The van der Waals surface area contributed by atoms with Crippen molar-refractivity contribution in [2.75, 3.05) is 6.61 Å². The molecule has 0 spiro atoms. The van der Waals surface area contributed by atoms with Gasteiger partial charge in [0.25, 0.3) is 5.78 Å². The van der Waals surface area contributed by atoms with E-state index in [4.69, 9.17) is 16.3 Å². The number of carbonyl (C=O) groups excluding carboxylic acids is 2. The van der Waals surface area contributed by atoms with Crippen molar-refractivity contribution in [2.45, 2.75) is 13.8 Å². The number of thiophene rings is 1. The summed E-state index contributed by atoms with van der Waals surface area (Å²) in [5, 5.41) is 0.975. The fourth-order valence-electron chi connectivity index (χ4n) is 1.76. The summed E-state index contributed by atoms with van der Waals surface area (Å²) in [7, 11) is 0. The molecule has 0 fully saturated rings. The molecule has 0 N–H and O–H groups in total. The Labute approximate surface area is 113 Å². The summed E-state index contributed by atoms with van der Waals surface area (Å²) in [4.78, 5) is 23.3. The zero-order valence-electron chi connectivity index (χ0n) is 9.95. The van der Waals surface area contributed by atoms with Crippen LogP contribution in [0.15, 0.2) is 18.2 Å². The lowest BCUT2D eigenvalue weighted by molar-refractivity contribution is -0.137. The van der Waals surface area contributed by atoms with Gasteiger partial charge in [0.05, 0.1) is 10.9 Å². The number of benzene rings is 1. The molecule has 5 heteroatoms. The maximum absolute atomic E-state index is 11.9. The van der Waals surface area contributed by atoms with Crippen LogP contribution in [-0.2, 0) is 9.53 Å². The molecule has 0 bridgehead atoms. The van der Waals surface area contributed by atoms with Crippen molar-refractivity contribution in [3.8, 4) is 0 Å². The lowest BCUT2D eigenvalue weighted by Crippen LogP contribution is -2.18. The highest BCUT2D eigenvalue weighted by atomic mass is 35.5. The Bertz CT molecular complexity index is 630. The number of hydrogen-bond donors (Lipinski definition) is 0. The van der Waals surface area contributed by atoms with E-state index >= 15 is 0 Å². The van der Waals surface area contributed by atoms with Crippen molar-refractivity contribution < 1.29 is 14.3 Å². The molecular weight excluding hydrogens is 272 g/mol. The highest BCUT2D eigenvalue weighted by Crippen LogP contribution is 2.33. The maximum atomic E-state index is 11.9. The molecule has 0 unspecified atom stereocenters. The Morgan fingerprint density at radius 2 is 2.11 bits per heavy atom. The van der Waals surface area contributed by atoms with Gasteiger partial charge in [-0.3, -0.25) is 4.79 Å². The minimum absolute atomic E-state index is 0.191. The Morgan fingerprint density at radius 3 is 2.78 bits per heavy atom. The molecule has 0 aliphatic carbocycles. The second-order valence-corrected chi connectivity index (χ2v) is 5.44. The van der Waals surface area contributed by atoms with Gasteiger partial charge in [-0.05, 0) is 36.9 Å². The van der Waals surface area contributed by atoms with E-state index in [0.717, 1.165) is 15.6 Å². The quantitative estimate of drug-likeness (QED) is 0.491. The van der Waals surface area contributed by atoms with Crippen LogP contribution in [0, 0.1) is 6.92 Å². The topological polar surface area (TPSA) is 43.4 Å². The van der Waals surface area contributed by atoms with E-state index in [-0.39, 0.29) is 6.61 Å². The molecule has 0 aliphatic heterocycles. The van der Waals surface area contributed by atoms with Gasteiger partial charge in [-0.25, -0.2) is 4.79 Å². The van der Waals surface area contributed by atoms with Gasteiger partial charge in [-0.15, -0.1) is 11.3 Å². The third-order valence-corrected chi connectivity index (χ3v) is 4.01. The minimum Gasteiger partial charge on any atom is -0.460 e. The average Bonchev–Trinajstić information content (AvgIpc) is 2.71. The number of esters is 1. The molecule has 1 heterocycles. The summed E-state index contributed by atoms with van der Waals surface area (Å²) in [6.45, 7) is 3.67. The highest BCUT2D eigenvalue weighted by Gasteiger charge is 2.21. The van der Waals surface area contributed by atoms with Gasteiger partial charge < -0.3 is 4.74 Å². The van der Waals surface area contributed by atoms with Crippen LogP contribution in [0.5, 0.6) is 0 Å². The predicted octanol–water partition coefficient (Wildman–Crippen LogP) is 3.61. The fourth-order valence-corrected chi connectivity index (χ4v) is 3.00. The summed E-state index contributed by atoms with van der Waals surface area (Å²) >= 11 is 7.34. The Hall–Kier alpha value is -1.39. The van der Waals surface area contributed by atoms with Crippen LogP contribution in [0.2, 0.25) is 4.34 Å². The van der Waals surface area contributed by atoms with Crippen molar-refractivity contribution >= 4 is 44.8 Å². The van der Waals surface area contributed by atoms with Crippen LogP contribution in [-0.4, -0.2) is 18.4 Å². The van der Waals surface area contributed by atoms with Gasteiger partial charge >= 0.3 is 5.97 Å². The minimum atomic E-state index is -0.817. The number of halogens is 1. The molecule has 0 saturated carbocycles. The smallest absolute Gasteiger partial charge is 0.379 e. The Morgan fingerprint density at radius 1 is 1.39 bits per heavy atom. The zero-order valence-corrected chi connectivity index (χ0v) is 11.5. The first-order chi connectivity index (χ1) is 8.54. The van der Waals surface area contributed by atoms with Crippen LogP contribution in [0.1, 0.15) is 22.8 Å². The van der Waals surface area contributed by atoms with Crippen molar-refractivity contribution in [3.05, 3.63) is 33.7 Å². The molecule has 0 radical (unpaired) electrons. The summed E-state index contributed by atoms with van der Waals surface area (Å²) in [6.07, 6.45) is 0. The van der Waals surface area contributed by atoms with E-state index in [9.17, 15) is 9.59 Å². The number of ether oxygens (including phenoxy) is 1. The van der Waals surface area contributed by atoms with Crippen LogP contribution >= 0.6 is 22.9 Å². The molecule has 94 valence electrons. The summed E-state index contributed by atoms with van der Waals surface area (Å²) in [6, 6.07) is 5.27. The first-order valence-electron chi connectivity index (χ1n) is 5.44. The van der Waals surface area contributed by atoms with Crippen LogP contribution < -0.4 is 0 Å². The van der Waals surface area contributed by atoms with E-state index < -0.39 is 11.8 Å². The van der Waals surface area contributed by atoms with Gasteiger partial charge in [-0.2, -0.15) is 0 Å². The van der Waals surface area contributed by atoms with Gasteiger partial charge in [0, 0.05) is 10.3 Å². The lowest BCUT2D eigenvalue weighted by atomic mass is 10.0. The van der Waals surface area contributed by atoms with Gasteiger partial charge in [0.15, 0.2) is 0 Å². The molecule has 2 rings (SSSR count). The van der Waals surface area contributed by atoms with E-state index in [1.165, 1.54) is 11.3 Å². The zero-order chi connectivity index (χ0) is 13.3. The second kappa shape index (κ2) is 5.08. The van der Waals surface area contributed by atoms with Crippen LogP contribution in [0.4, 0.5) is 0 Å². The lowest BCUT2D eigenvalue weighted by Gasteiger charge is -2.05. The number of hydrogen-bond acceptors (Lipinski definition) is 4. The molecule has 1 aromatic heterocycles. The van der Waals surface area contributed by atoms with Crippen molar-refractivity contribution in [2.24, 2.45) is 0 Å². The van der Waals surface area contributed by atoms with Crippen LogP contribution in [0.25, 0.3) is 10.1 Å². The van der Waals surface area contributed by atoms with E-state index in [2.05, 4.69) is 0 Å². The third-order valence-electron chi connectivity index (χ3n) is 2.61. The molecule has 18 heavy (non-hydrogen) atoms. The van der Waals surface area contributed by atoms with Gasteiger partial charge in [0.2, 0.25) is 0 Å². The monoisotopic (exact) mass is 282 g/mol.